The van der Waals surface area contributed by atoms with Crippen LogP contribution in [0.4, 0.5) is 5.69 Å². The molecule has 0 atom stereocenters. The Morgan fingerprint density at radius 2 is 1.80 bits per heavy atom. The lowest BCUT2D eigenvalue weighted by molar-refractivity contribution is -0.122. The molecule has 0 saturated carbocycles. The molecule has 8 nitrogen and oxygen atoms in total. The molecule has 0 bridgehead atoms. The maximum absolute atomic E-state index is 13.3. The zero-order valence-electron chi connectivity index (χ0n) is 23.3. The highest BCUT2D eigenvalue weighted by Crippen LogP contribution is 2.38. The number of likely N-dealkylation sites (N-methyl/N-ethyl adjacent to an activating group) is 1. The van der Waals surface area contributed by atoms with E-state index in [1.54, 1.807) is 42.4 Å². The van der Waals surface area contributed by atoms with Gasteiger partial charge < -0.3 is 19.3 Å². The van der Waals surface area contributed by atoms with Crippen LogP contribution in [-0.4, -0.2) is 47.3 Å². The highest BCUT2D eigenvalue weighted by molar-refractivity contribution is 8.18. The fraction of sp³-hybridized carbons (Fsp3) is 0.219. The normalized spacial score (nSPS) is 14.9. The topological polar surface area (TPSA) is 97.7 Å². The minimum atomic E-state index is -0.978. The Kier molecular flexibility index (Phi) is 9.86. The molecule has 1 amide bonds. The zero-order valence-corrected chi connectivity index (χ0v) is 24.1. The molecular formula is C32H32N2O6S. The lowest BCUT2D eigenvalue weighted by atomic mass is 10.0. The van der Waals surface area contributed by atoms with E-state index in [4.69, 9.17) is 24.3 Å². The van der Waals surface area contributed by atoms with Crippen molar-refractivity contribution in [2.24, 2.45) is 4.99 Å². The van der Waals surface area contributed by atoms with Crippen LogP contribution in [-0.2, 0) is 17.8 Å². The van der Waals surface area contributed by atoms with E-state index in [0.29, 0.717) is 41.1 Å². The van der Waals surface area contributed by atoms with Gasteiger partial charge in [0.05, 0.1) is 29.9 Å². The number of nitrogens with zero attached hydrogens (tertiary/aromatic N) is 2. The summed E-state index contributed by atoms with van der Waals surface area (Å²) in [5.41, 5.74) is 3.42. The van der Waals surface area contributed by atoms with E-state index in [-0.39, 0.29) is 18.1 Å². The van der Waals surface area contributed by atoms with Gasteiger partial charge in [0, 0.05) is 12.1 Å². The first-order valence-electron chi connectivity index (χ1n) is 13.2. The van der Waals surface area contributed by atoms with Crippen molar-refractivity contribution in [3.8, 4) is 17.2 Å². The van der Waals surface area contributed by atoms with Crippen LogP contribution in [0.2, 0.25) is 0 Å². The molecule has 0 unspecified atom stereocenters. The van der Waals surface area contributed by atoms with Gasteiger partial charge in [0.15, 0.2) is 16.7 Å². The molecule has 0 aliphatic carbocycles. The standard InChI is InChI=1S/C32H32N2O6S/c1-5-8-24-17-22(18-27(39-7-3)29(24)40-20-21-9-11-23(12-10-21)31(36)37)19-28-30(35)34(6-2)32(41-28)33-25-13-15-26(38-4)16-14-25/h5,9-19H,1,6-8,20H2,2-4H3,(H,36,37)/b28-19+,33-32?. The Morgan fingerprint density at radius 3 is 2.41 bits per heavy atom. The van der Waals surface area contributed by atoms with E-state index in [2.05, 4.69) is 6.58 Å². The molecule has 41 heavy (non-hydrogen) atoms. The minimum absolute atomic E-state index is 0.113. The molecule has 3 aromatic rings. The number of aliphatic imine (C=N–C) groups is 1. The second-order valence-corrected chi connectivity index (χ2v) is 9.99. The van der Waals surface area contributed by atoms with E-state index in [1.165, 1.54) is 11.8 Å². The van der Waals surface area contributed by atoms with Crippen molar-refractivity contribution in [2.45, 2.75) is 26.9 Å². The number of thioether (sulfide) groups is 1. The fourth-order valence-electron chi connectivity index (χ4n) is 4.19. The first-order valence-corrected chi connectivity index (χ1v) is 14.0. The molecule has 3 aromatic carbocycles. The maximum Gasteiger partial charge on any atom is 0.335 e. The molecule has 1 heterocycles. The summed E-state index contributed by atoms with van der Waals surface area (Å²) in [5, 5.41) is 9.76. The van der Waals surface area contributed by atoms with E-state index >= 15 is 0 Å². The summed E-state index contributed by atoms with van der Waals surface area (Å²) in [7, 11) is 1.61. The predicted octanol–water partition coefficient (Wildman–Crippen LogP) is 6.72. The molecule has 0 spiro atoms. The first-order chi connectivity index (χ1) is 19.9. The number of hydrogen-bond donors (Lipinski definition) is 1. The molecular weight excluding hydrogens is 540 g/mol. The monoisotopic (exact) mass is 572 g/mol. The summed E-state index contributed by atoms with van der Waals surface area (Å²) in [5.74, 6) is 0.780. The third-order valence-corrected chi connectivity index (χ3v) is 7.21. The van der Waals surface area contributed by atoms with Crippen molar-refractivity contribution in [3.63, 3.8) is 0 Å². The third kappa shape index (κ3) is 7.18. The Balaban J connectivity index is 1.63. The van der Waals surface area contributed by atoms with E-state index in [9.17, 15) is 9.59 Å². The lowest BCUT2D eigenvalue weighted by Crippen LogP contribution is -2.28. The number of carbonyl (C=O) groups excluding carboxylic acids is 1. The molecule has 1 aliphatic rings. The summed E-state index contributed by atoms with van der Waals surface area (Å²) in [6.45, 7) is 8.85. The summed E-state index contributed by atoms with van der Waals surface area (Å²) < 4.78 is 17.4. The van der Waals surface area contributed by atoms with Gasteiger partial charge in [-0.1, -0.05) is 18.2 Å². The minimum Gasteiger partial charge on any atom is -0.497 e. The number of carboxylic acid groups (broad SMARTS) is 1. The maximum atomic E-state index is 13.3. The number of carboxylic acids is 1. The molecule has 1 N–H and O–H groups in total. The van der Waals surface area contributed by atoms with Crippen LogP contribution in [0.25, 0.3) is 6.08 Å². The van der Waals surface area contributed by atoms with Gasteiger partial charge >= 0.3 is 5.97 Å². The average molecular weight is 573 g/mol. The molecule has 0 radical (unpaired) electrons. The molecule has 1 aliphatic heterocycles. The van der Waals surface area contributed by atoms with Crippen LogP contribution >= 0.6 is 11.8 Å². The summed E-state index contributed by atoms with van der Waals surface area (Å²) in [6, 6.07) is 17.7. The Labute approximate surface area is 244 Å². The van der Waals surface area contributed by atoms with Crippen LogP contribution in [0.5, 0.6) is 17.2 Å². The van der Waals surface area contributed by atoms with Crippen LogP contribution in [0.15, 0.2) is 83.2 Å². The van der Waals surface area contributed by atoms with Crippen molar-refractivity contribution in [1.82, 2.24) is 4.90 Å². The number of aromatic carboxylic acids is 1. The Hall–Kier alpha value is -4.50. The van der Waals surface area contributed by atoms with Gasteiger partial charge in [0.1, 0.15) is 12.4 Å². The van der Waals surface area contributed by atoms with Gasteiger partial charge in [-0.05, 0) is 97.8 Å². The van der Waals surface area contributed by atoms with Gasteiger partial charge in [-0.15, -0.1) is 6.58 Å². The second kappa shape index (κ2) is 13.7. The number of methoxy groups -OCH3 is 1. The first kappa shape index (κ1) is 29.5. The zero-order chi connectivity index (χ0) is 29.4. The SMILES string of the molecule is C=CCc1cc(/C=C2/SC(=Nc3ccc(OC)cc3)N(CC)C2=O)cc(OCC)c1OCc1ccc(C(=O)O)cc1. The molecule has 212 valence electrons. The van der Waals surface area contributed by atoms with Crippen LogP contribution in [0.1, 0.15) is 40.9 Å². The van der Waals surface area contributed by atoms with Crippen LogP contribution < -0.4 is 14.2 Å². The molecule has 1 saturated heterocycles. The number of hydrogen-bond acceptors (Lipinski definition) is 7. The van der Waals surface area contributed by atoms with Crippen molar-refractivity contribution < 1.29 is 28.9 Å². The summed E-state index contributed by atoms with van der Waals surface area (Å²) in [6.07, 6.45) is 4.15. The number of amidine groups is 1. The Morgan fingerprint density at radius 1 is 1.07 bits per heavy atom. The van der Waals surface area contributed by atoms with E-state index in [0.717, 1.165) is 28.1 Å². The van der Waals surface area contributed by atoms with Gasteiger partial charge in [-0.25, -0.2) is 9.79 Å². The van der Waals surface area contributed by atoms with E-state index < -0.39 is 5.97 Å². The number of amides is 1. The lowest BCUT2D eigenvalue weighted by Gasteiger charge is -2.17. The number of ether oxygens (including phenoxy) is 3. The number of carbonyl (C=O) groups is 2. The third-order valence-electron chi connectivity index (χ3n) is 6.20. The fourth-order valence-corrected chi connectivity index (χ4v) is 5.25. The van der Waals surface area contributed by atoms with Crippen LogP contribution in [0, 0.1) is 0 Å². The molecule has 1 fully saturated rings. The van der Waals surface area contributed by atoms with Crippen molar-refractivity contribution >= 4 is 40.6 Å². The highest BCUT2D eigenvalue weighted by atomic mass is 32.2. The van der Waals surface area contributed by atoms with Crippen molar-refractivity contribution in [1.29, 1.82) is 0 Å². The number of benzene rings is 3. The number of rotatable bonds is 12. The average Bonchev–Trinajstić information content (AvgIpc) is 3.26. The predicted molar refractivity (Wildman–Crippen MR) is 162 cm³/mol. The van der Waals surface area contributed by atoms with Gasteiger partial charge in [-0.3, -0.25) is 9.69 Å². The van der Waals surface area contributed by atoms with Crippen molar-refractivity contribution in [2.75, 3.05) is 20.3 Å². The number of allylic oxidation sites excluding steroid dienone is 1. The quantitative estimate of drug-likeness (QED) is 0.190. The smallest absolute Gasteiger partial charge is 0.335 e. The van der Waals surface area contributed by atoms with Gasteiger partial charge in [-0.2, -0.15) is 0 Å². The molecule has 4 rings (SSSR count). The van der Waals surface area contributed by atoms with Gasteiger partial charge in [0.2, 0.25) is 0 Å². The highest BCUT2D eigenvalue weighted by Gasteiger charge is 2.32. The van der Waals surface area contributed by atoms with E-state index in [1.807, 2.05) is 56.3 Å². The van der Waals surface area contributed by atoms with Gasteiger partial charge in [0.25, 0.3) is 5.91 Å². The summed E-state index contributed by atoms with van der Waals surface area (Å²) >= 11 is 1.33. The summed E-state index contributed by atoms with van der Waals surface area (Å²) in [4.78, 5) is 31.4. The largest absolute Gasteiger partial charge is 0.497 e. The second-order valence-electron chi connectivity index (χ2n) is 8.98. The van der Waals surface area contributed by atoms with Crippen molar-refractivity contribution in [3.05, 3.63) is 100 Å². The Bertz CT molecular complexity index is 1480. The molecule has 0 aromatic heterocycles. The molecule has 9 heteroatoms. The van der Waals surface area contributed by atoms with Crippen LogP contribution in [0.3, 0.4) is 0 Å².